The number of anilines is 1. The Morgan fingerprint density at radius 1 is 1.05 bits per heavy atom. The van der Waals surface area contributed by atoms with Crippen LogP contribution in [0.4, 0.5) is 5.69 Å². The number of nitrogens with one attached hydrogen (secondary N) is 1. The minimum atomic E-state index is -3.48. The quantitative estimate of drug-likeness (QED) is 0.890. The fourth-order valence-electron chi connectivity index (χ4n) is 2.01. The Bertz CT molecular complexity index is 711. The number of rotatable bonds is 6. The van der Waals surface area contributed by atoms with Crippen LogP contribution in [0.25, 0.3) is 0 Å². The molecule has 0 bridgehead atoms. The van der Waals surface area contributed by atoms with E-state index in [-0.39, 0.29) is 5.75 Å². The second-order valence-electron chi connectivity index (χ2n) is 4.72. The molecule has 2 aromatic carbocycles. The zero-order valence-electron chi connectivity index (χ0n) is 12.2. The van der Waals surface area contributed by atoms with Crippen molar-refractivity contribution in [1.82, 2.24) is 0 Å². The molecule has 0 amide bonds. The molecule has 0 heterocycles. The van der Waals surface area contributed by atoms with Gasteiger partial charge in [-0.1, -0.05) is 36.4 Å². The average molecular weight is 305 g/mol. The van der Waals surface area contributed by atoms with Gasteiger partial charge in [0.2, 0.25) is 10.0 Å². The van der Waals surface area contributed by atoms with Crippen LogP contribution in [0, 0.1) is 6.92 Å². The fraction of sp³-hybridized carbons (Fsp3) is 0.250. The number of ether oxygens (including phenoxy) is 1. The molecule has 0 aromatic heterocycles. The lowest BCUT2D eigenvalue weighted by atomic mass is 10.1. The Kier molecular flexibility index (Phi) is 4.85. The molecule has 1 N–H and O–H groups in total. The van der Waals surface area contributed by atoms with E-state index in [1.807, 2.05) is 44.2 Å². The molecule has 0 aliphatic heterocycles. The van der Waals surface area contributed by atoms with E-state index in [2.05, 4.69) is 4.72 Å². The standard InChI is InChI=1S/C16H19NO3S/c1-3-20-16-11-7-6-10-15(16)17-21(18,19)12-14-9-5-4-8-13(14)2/h4-11,17H,3,12H2,1-2H3. The van der Waals surface area contributed by atoms with Gasteiger partial charge in [0.05, 0.1) is 18.0 Å². The first-order chi connectivity index (χ1) is 10.0. The van der Waals surface area contributed by atoms with Crippen LogP contribution in [-0.2, 0) is 15.8 Å². The van der Waals surface area contributed by atoms with Gasteiger partial charge in [0, 0.05) is 0 Å². The lowest BCUT2D eigenvalue weighted by Crippen LogP contribution is -2.16. The lowest BCUT2D eigenvalue weighted by Gasteiger charge is -2.13. The van der Waals surface area contributed by atoms with Crippen LogP contribution < -0.4 is 9.46 Å². The summed E-state index contributed by atoms with van der Waals surface area (Å²) in [7, 11) is -3.48. The Hall–Kier alpha value is -2.01. The van der Waals surface area contributed by atoms with Crippen molar-refractivity contribution >= 4 is 15.7 Å². The molecule has 2 aromatic rings. The highest BCUT2D eigenvalue weighted by Crippen LogP contribution is 2.25. The van der Waals surface area contributed by atoms with E-state index in [1.54, 1.807) is 18.2 Å². The van der Waals surface area contributed by atoms with Gasteiger partial charge in [0.15, 0.2) is 0 Å². The van der Waals surface area contributed by atoms with Gasteiger partial charge in [-0.2, -0.15) is 0 Å². The molecule has 0 saturated heterocycles. The van der Waals surface area contributed by atoms with Crippen molar-refractivity contribution < 1.29 is 13.2 Å². The number of hydrogen-bond acceptors (Lipinski definition) is 3. The third-order valence-electron chi connectivity index (χ3n) is 3.06. The van der Waals surface area contributed by atoms with Crippen LogP contribution in [0.15, 0.2) is 48.5 Å². The molecule has 0 spiro atoms. The average Bonchev–Trinajstić information content (AvgIpc) is 2.43. The molecule has 0 aliphatic rings. The van der Waals surface area contributed by atoms with E-state index in [9.17, 15) is 8.42 Å². The summed E-state index contributed by atoms with van der Waals surface area (Å²) in [6.45, 7) is 4.24. The minimum absolute atomic E-state index is 0.0554. The fourth-order valence-corrected chi connectivity index (χ4v) is 3.32. The van der Waals surface area contributed by atoms with Crippen molar-refractivity contribution in [2.45, 2.75) is 19.6 Å². The van der Waals surface area contributed by atoms with Crippen LogP contribution in [0.3, 0.4) is 0 Å². The summed E-state index contributed by atoms with van der Waals surface area (Å²) >= 11 is 0. The monoisotopic (exact) mass is 305 g/mol. The normalized spacial score (nSPS) is 11.1. The zero-order valence-corrected chi connectivity index (χ0v) is 13.0. The Morgan fingerprint density at radius 2 is 1.71 bits per heavy atom. The van der Waals surface area contributed by atoms with Gasteiger partial charge >= 0.3 is 0 Å². The minimum Gasteiger partial charge on any atom is -0.492 e. The molecule has 0 saturated carbocycles. The number of para-hydroxylation sites is 2. The van der Waals surface area contributed by atoms with Crippen LogP contribution >= 0.6 is 0 Å². The first-order valence-electron chi connectivity index (χ1n) is 6.78. The van der Waals surface area contributed by atoms with E-state index in [1.165, 1.54) is 0 Å². The smallest absolute Gasteiger partial charge is 0.237 e. The highest BCUT2D eigenvalue weighted by atomic mass is 32.2. The molecule has 5 heteroatoms. The van der Waals surface area contributed by atoms with E-state index in [0.717, 1.165) is 11.1 Å². The molecule has 112 valence electrons. The van der Waals surface area contributed by atoms with E-state index in [0.29, 0.717) is 18.0 Å². The van der Waals surface area contributed by atoms with Crippen molar-refractivity contribution in [3.8, 4) is 5.75 Å². The van der Waals surface area contributed by atoms with Gasteiger partial charge in [-0.25, -0.2) is 8.42 Å². The van der Waals surface area contributed by atoms with E-state index < -0.39 is 10.0 Å². The van der Waals surface area contributed by atoms with Gasteiger partial charge in [0.1, 0.15) is 5.75 Å². The molecule has 2 rings (SSSR count). The highest BCUT2D eigenvalue weighted by molar-refractivity contribution is 7.91. The Morgan fingerprint density at radius 3 is 2.43 bits per heavy atom. The van der Waals surface area contributed by atoms with Gasteiger partial charge in [-0.05, 0) is 37.1 Å². The van der Waals surface area contributed by atoms with Crippen molar-refractivity contribution in [1.29, 1.82) is 0 Å². The molecular weight excluding hydrogens is 286 g/mol. The van der Waals surface area contributed by atoms with Gasteiger partial charge < -0.3 is 4.74 Å². The molecule has 0 fully saturated rings. The predicted octanol–water partition coefficient (Wildman–Crippen LogP) is 3.34. The van der Waals surface area contributed by atoms with Crippen LogP contribution in [-0.4, -0.2) is 15.0 Å². The van der Waals surface area contributed by atoms with E-state index >= 15 is 0 Å². The third kappa shape index (κ3) is 4.23. The largest absolute Gasteiger partial charge is 0.492 e. The zero-order chi connectivity index (χ0) is 15.3. The highest BCUT2D eigenvalue weighted by Gasteiger charge is 2.15. The molecule has 21 heavy (non-hydrogen) atoms. The Labute approximate surface area is 125 Å². The molecule has 0 atom stereocenters. The second-order valence-corrected chi connectivity index (χ2v) is 6.44. The maximum absolute atomic E-state index is 12.3. The lowest BCUT2D eigenvalue weighted by molar-refractivity contribution is 0.342. The number of benzene rings is 2. The SMILES string of the molecule is CCOc1ccccc1NS(=O)(=O)Cc1ccccc1C. The second kappa shape index (κ2) is 6.63. The van der Waals surface area contributed by atoms with Crippen molar-refractivity contribution in [2.75, 3.05) is 11.3 Å². The molecule has 0 radical (unpaired) electrons. The number of aryl methyl sites for hydroxylation is 1. The van der Waals surface area contributed by atoms with Crippen molar-refractivity contribution in [2.24, 2.45) is 0 Å². The number of hydrogen-bond donors (Lipinski definition) is 1. The molecule has 4 nitrogen and oxygen atoms in total. The Balaban J connectivity index is 2.20. The molecule has 0 unspecified atom stereocenters. The van der Waals surface area contributed by atoms with Crippen LogP contribution in [0.5, 0.6) is 5.75 Å². The first kappa shape index (κ1) is 15.4. The number of sulfonamides is 1. The third-order valence-corrected chi connectivity index (χ3v) is 4.28. The summed E-state index contributed by atoms with van der Waals surface area (Å²) in [4.78, 5) is 0. The van der Waals surface area contributed by atoms with Gasteiger partial charge in [0.25, 0.3) is 0 Å². The predicted molar refractivity (Wildman–Crippen MR) is 85.0 cm³/mol. The van der Waals surface area contributed by atoms with Gasteiger partial charge in [-0.15, -0.1) is 0 Å². The van der Waals surface area contributed by atoms with Gasteiger partial charge in [-0.3, -0.25) is 4.72 Å². The van der Waals surface area contributed by atoms with Crippen LogP contribution in [0.2, 0.25) is 0 Å². The van der Waals surface area contributed by atoms with Crippen molar-refractivity contribution in [3.63, 3.8) is 0 Å². The summed E-state index contributed by atoms with van der Waals surface area (Å²) in [5.41, 5.74) is 2.22. The molecular formula is C16H19NO3S. The summed E-state index contributed by atoms with van der Waals surface area (Å²) in [5.74, 6) is 0.480. The maximum atomic E-state index is 12.3. The summed E-state index contributed by atoms with van der Waals surface area (Å²) in [6, 6.07) is 14.5. The first-order valence-corrected chi connectivity index (χ1v) is 8.44. The topological polar surface area (TPSA) is 55.4 Å². The van der Waals surface area contributed by atoms with Crippen LogP contribution in [0.1, 0.15) is 18.1 Å². The van der Waals surface area contributed by atoms with E-state index in [4.69, 9.17) is 4.74 Å². The molecule has 0 aliphatic carbocycles. The maximum Gasteiger partial charge on any atom is 0.237 e. The summed E-state index contributed by atoms with van der Waals surface area (Å²) in [6.07, 6.45) is 0. The summed E-state index contributed by atoms with van der Waals surface area (Å²) < 4.78 is 32.6. The summed E-state index contributed by atoms with van der Waals surface area (Å²) in [5, 5.41) is 0. The van der Waals surface area contributed by atoms with Crippen molar-refractivity contribution in [3.05, 3.63) is 59.7 Å².